The van der Waals surface area contributed by atoms with Gasteiger partial charge in [0.1, 0.15) is 5.60 Å². The number of rotatable bonds is 3. The topological polar surface area (TPSA) is 35.2 Å². The molecule has 2 N–H and O–H groups in total. The van der Waals surface area contributed by atoms with E-state index >= 15 is 0 Å². The molecule has 2 nitrogen and oxygen atoms in total. The van der Waals surface area contributed by atoms with Gasteiger partial charge in [0.15, 0.2) is 0 Å². The Labute approximate surface area is 114 Å². The predicted octanol–water partition coefficient (Wildman–Crippen LogP) is 3.44. The van der Waals surface area contributed by atoms with Crippen LogP contribution in [0.5, 0.6) is 0 Å². The molecule has 2 rings (SSSR count). The third-order valence-corrected chi connectivity index (χ3v) is 3.19. The average Bonchev–Trinajstić information content (AvgIpc) is 2.63. The van der Waals surface area contributed by atoms with E-state index in [1.807, 2.05) is 73.7 Å². The van der Waals surface area contributed by atoms with Crippen molar-refractivity contribution >= 4 is 5.70 Å². The highest BCUT2D eigenvalue weighted by Gasteiger charge is 2.16. The molecular weight excluding hydrogens is 234 g/mol. The molecule has 0 aromatic heterocycles. The van der Waals surface area contributed by atoms with Crippen LogP contribution >= 0.6 is 0 Å². The molecule has 98 valence electrons. The first kappa shape index (κ1) is 13.4. The fourth-order valence-corrected chi connectivity index (χ4v) is 1.85. The summed E-state index contributed by atoms with van der Waals surface area (Å²) in [5, 5.41) is 0. The Bertz CT molecular complexity index is 552. The summed E-state index contributed by atoms with van der Waals surface area (Å²) in [5.41, 5.74) is 8.59. The van der Waals surface area contributed by atoms with Gasteiger partial charge in [0.2, 0.25) is 0 Å². The van der Waals surface area contributed by atoms with Gasteiger partial charge in [-0.2, -0.15) is 0 Å². The molecule has 0 heterocycles. The molecule has 1 aromatic rings. The summed E-state index contributed by atoms with van der Waals surface area (Å²) in [6.45, 7) is 2.01. The minimum absolute atomic E-state index is 0.354. The first-order chi connectivity index (χ1) is 9.13. The van der Waals surface area contributed by atoms with Crippen LogP contribution in [0, 0.1) is 0 Å². The molecule has 0 aliphatic heterocycles. The summed E-state index contributed by atoms with van der Waals surface area (Å²) in [7, 11) is 1.70. The van der Waals surface area contributed by atoms with E-state index in [1.54, 1.807) is 7.11 Å². The van der Waals surface area contributed by atoms with E-state index < -0.39 is 0 Å². The predicted molar refractivity (Wildman–Crippen MR) is 80.4 cm³/mol. The van der Waals surface area contributed by atoms with E-state index in [-0.39, 0.29) is 5.60 Å². The molecule has 0 saturated carbocycles. The molecular formula is C17H19NO. The number of methoxy groups -OCH3 is 1. The number of allylic oxidation sites excluding steroid dienone is 5. The van der Waals surface area contributed by atoms with Gasteiger partial charge in [0.05, 0.1) is 0 Å². The smallest absolute Gasteiger partial charge is 0.102 e. The lowest BCUT2D eigenvalue weighted by molar-refractivity contribution is 0.0908. The Hall–Kier alpha value is -2.06. The van der Waals surface area contributed by atoms with Crippen LogP contribution in [0.15, 0.2) is 72.4 Å². The molecule has 1 aromatic carbocycles. The van der Waals surface area contributed by atoms with Crippen molar-refractivity contribution in [2.75, 3.05) is 7.11 Å². The maximum absolute atomic E-state index is 6.11. The van der Waals surface area contributed by atoms with Crippen molar-refractivity contribution < 1.29 is 4.74 Å². The van der Waals surface area contributed by atoms with Crippen molar-refractivity contribution in [3.8, 4) is 0 Å². The van der Waals surface area contributed by atoms with Gasteiger partial charge in [0, 0.05) is 12.8 Å². The number of hydrogen-bond donors (Lipinski definition) is 1. The Kier molecular flexibility index (Phi) is 4.03. The second kappa shape index (κ2) is 5.72. The fourth-order valence-electron chi connectivity index (χ4n) is 1.85. The van der Waals surface area contributed by atoms with Crippen molar-refractivity contribution in [2.45, 2.75) is 12.5 Å². The maximum atomic E-state index is 6.11. The molecule has 0 fully saturated rings. The van der Waals surface area contributed by atoms with Gasteiger partial charge in [0.25, 0.3) is 0 Å². The quantitative estimate of drug-likeness (QED) is 0.895. The van der Waals surface area contributed by atoms with E-state index in [1.165, 1.54) is 0 Å². The largest absolute Gasteiger partial charge is 0.398 e. The van der Waals surface area contributed by atoms with E-state index in [0.717, 1.165) is 16.8 Å². The zero-order valence-corrected chi connectivity index (χ0v) is 11.3. The van der Waals surface area contributed by atoms with Gasteiger partial charge in [-0.25, -0.2) is 0 Å². The van der Waals surface area contributed by atoms with Crippen LogP contribution in [0.4, 0.5) is 0 Å². The molecule has 19 heavy (non-hydrogen) atoms. The van der Waals surface area contributed by atoms with Gasteiger partial charge in [-0.05, 0) is 36.3 Å². The lowest BCUT2D eigenvalue weighted by atomic mass is 10.1. The zero-order valence-electron chi connectivity index (χ0n) is 11.3. The van der Waals surface area contributed by atoms with E-state index in [0.29, 0.717) is 0 Å². The monoisotopic (exact) mass is 253 g/mol. The van der Waals surface area contributed by atoms with Crippen LogP contribution in [-0.4, -0.2) is 12.7 Å². The van der Waals surface area contributed by atoms with Gasteiger partial charge in [-0.15, -0.1) is 0 Å². The van der Waals surface area contributed by atoms with Crippen molar-refractivity contribution in [3.05, 3.63) is 77.9 Å². The minimum atomic E-state index is -0.354. The van der Waals surface area contributed by atoms with Crippen LogP contribution in [0.3, 0.4) is 0 Å². The first-order valence-corrected chi connectivity index (χ1v) is 6.29. The van der Waals surface area contributed by atoms with Gasteiger partial charge in [-0.3, -0.25) is 0 Å². The van der Waals surface area contributed by atoms with Crippen molar-refractivity contribution in [1.29, 1.82) is 0 Å². The molecule has 0 saturated heterocycles. The molecule has 1 aliphatic carbocycles. The third-order valence-electron chi connectivity index (χ3n) is 3.19. The molecule has 0 amide bonds. The molecule has 0 radical (unpaired) electrons. The summed E-state index contributed by atoms with van der Waals surface area (Å²) >= 11 is 0. The molecule has 0 bridgehead atoms. The van der Waals surface area contributed by atoms with Crippen LogP contribution in [0.1, 0.15) is 12.5 Å². The van der Waals surface area contributed by atoms with Crippen molar-refractivity contribution in [1.82, 2.24) is 0 Å². The Morgan fingerprint density at radius 2 is 1.95 bits per heavy atom. The minimum Gasteiger partial charge on any atom is -0.398 e. The average molecular weight is 253 g/mol. The molecule has 2 heteroatoms. The van der Waals surface area contributed by atoms with Crippen molar-refractivity contribution in [3.63, 3.8) is 0 Å². The van der Waals surface area contributed by atoms with Crippen LogP contribution in [-0.2, 0) is 4.74 Å². The molecule has 0 unspecified atom stereocenters. The summed E-state index contributed by atoms with van der Waals surface area (Å²) in [4.78, 5) is 0. The van der Waals surface area contributed by atoms with Gasteiger partial charge >= 0.3 is 0 Å². The van der Waals surface area contributed by atoms with E-state index in [4.69, 9.17) is 10.5 Å². The fraction of sp³-hybridized carbons (Fsp3) is 0.176. The Morgan fingerprint density at radius 3 is 2.63 bits per heavy atom. The lowest BCUT2D eigenvalue weighted by Gasteiger charge is -2.18. The number of ether oxygens (including phenoxy) is 1. The van der Waals surface area contributed by atoms with Gasteiger partial charge < -0.3 is 10.5 Å². The highest BCUT2D eigenvalue weighted by Crippen LogP contribution is 2.20. The van der Waals surface area contributed by atoms with Gasteiger partial charge in [-0.1, -0.05) is 48.6 Å². The second-order valence-electron chi connectivity index (χ2n) is 4.71. The zero-order chi connectivity index (χ0) is 13.7. The highest BCUT2D eigenvalue weighted by molar-refractivity contribution is 5.66. The lowest BCUT2D eigenvalue weighted by Crippen LogP contribution is -2.20. The molecule has 1 aliphatic rings. The van der Waals surface area contributed by atoms with E-state index in [9.17, 15) is 0 Å². The summed E-state index contributed by atoms with van der Waals surface area (Å²) in [6, 6.07) is 9.95. The summed E-state index contributed by atoms with van der Waals surface area (Å²) in [5.74, 6) is 0. The number of hydrogen-bond acceptors (Lipinski definition) is 2. The third kappa shape index (κ3) is 3.46. The highest BCUT2D eigenvalue weighted by atomic mass is 16.5. The van der Waals surface area contributed by atoms with Crippen LogP contribution in [0.2, 0.25) is 0 Å². The summed E-state index contributed by atoms with van der Waals surface area (Å²) in [6.07, 6.45) is 12.1. The summed E-state index contributed by atoms with van der Waals surface area (Å²) < 4.78 is 5.44. The molecule has 1 atom stereocenters. The van der Waals surface area contributed by atoms with Crippen LogP contribution in [0.25, 0.3) is 5.70 Å². The normalized spacial score (nSPS) is 23.1. The number of benzene rings is 1. The maximum Gasteiger partial charge on any atom is 0.102 e. The standard InChI is InChI=1S/C17H19NO/c1-17(19-2)11-6-7-14(10-12-17)13-16(18)15-8-4-3-5-9-15/h3-13H,18H2,1-2H3/b16-13-/t17-/m0/s1. The Balaban J connectivity index is 2.23. The molecule has 0 spiro atoms. The van der Waals surface area contributed by atoms with E-state index in [2.05, 4.69) is 0 Å². The SMILES string of the molecule is CO[C@@]1(C)C=CC=C(/C=C(\N)c2ccccc2)C=C1. The second-order valence-corrected chi connectivity index (χ2v) is 4.71. The Morgan fingerprint density at radius 1 is 1.21 bits per heavy atom. The van der Waals surface area contributed by atoms with Crippen molar-refractivity contribution in [2.24, 2.45) is 5.73 Å². The first-order valence-electron chi connectivity index (χ1n) is 6.29. The van der Waals surface area contributed by atoms with Crippen LogP contribution < -0.4 is 5.73 Å². The number of nitrogens with two attached hydrogens (primary N) is 1.